The highest BCUT2D eigenvalue weighted by molar-refractivity contribution is 6.06. The summed E-state index contributed by atoms with van der Waals surface area (Å²) in [7, 11) is 0. The van der Waals surface area contributed by atoms with E-state index in [-0.39, 0.29) is 12.3 Å². The first-order valence-electron chi connectivity index (χ1n) is 6.74. The molecule has 5 nitrogen and oxygen atoms in total. The van der Waals surface area contributed by atoms with Crippen molar-refractivity contribution >= 4 is 22.8 Å². The Morgan fingerprint density at radius 2 is 1.95 bits per heavy atom. The van der Waals surface area contributed by atoms with Crippen LogP contribution in [0, 0.1) is 0 Å². The Bertz CT molecular complexity index is 604. The standard InChI is InChI=1S/C15H18N2O3/c18-14(19)8-2-1-5-9-16-15(20)12-10-17-13-7-4-3-6-11(12)13/h3-4,6-7,10,17H,1-2,5,8-9H2,(H,16,20)(H,18,19). The third-order valence-electron chi connectivity index (χ3n) is 3.19. The molecule has 2 rings (SSSR count). The number of aromatic nitrogens is 1. The number of H-pyrrole nitrogens is 1. The summed E-state index contributed by atoms with van der Waals surface area (Å²) in [6.07, 6.45) is 4.15. The molecule has 1 aromatic heterocycles. The number of fused-ring (bicyclic) bond motifs is 1. The minimum Gasteiger partial charge on any atom is -0.481 e. The Labute approximate surface area is 117 Å². The van der Waals surface area contributed by atoms with Crippen molar-refractivity contribution in [2.24, 2.45) is 0 Å². The van der Waals surface area contributed by atoms with E-state index < -0.39 is 5.97 Å². The minimum atomic E-state index is -0.771. The fourth-order valence-corrected chi connectivity index (χ4v) is 2.13. The molecule has 106 valence electrons. The number of carbonyl (C=O) groups excluding carboxylic acids is 1. The van der Waals surface area contributed by atoms with Crippen LogP contribution in [0.2, 0.25) is 0 Å². The molecule has 0 unspecified atom stereocenters. The fraction of sp³-hybridized carbons (Fsp3) is 0.333. The van der Waals surface area contributed by atoms with Gasteiger partial charge >= 0.3 is 5.97 Å². The highest BCUT2D eigenvalue weighted by Gasteiger charge is 2.10. The van der Waals surface area contributed by atoms with Crippen LogP contribution in [-0.4, -0.2) is 28.5 Å². The van der Waals surface area contributed by atoms with Crippen LogP contribution in [-0.2, 0) is 4.79 Å². The summed E-state index contributed by atoms with van der Waals surface area (Å²) in [5.41, 5.74) is 1.59. The Hall–Kier alpha value is -2.30. The SMILES string of the molecule is O=C(O)CCCCCNC(=O)c1c[nH]c2ccccc12. The van der Waals surface area contributed by atoms with Gasteiger partial charge < -0.3 is 15.4 Å². The summed E-state index contributed by atoms with van der Waals surface area (Å²) in [5.74, 6) is -0.867. The highest BCUT2D eigenvalue weighted by atomic mass is 16.4. The third kappa shape index (κ3) is 3.60. The molecule has 5 heteroatoms. The number of carboxylic acids is 1. The lowest BCUT2D eigenvalue weighted by atomic mass is 10.1. The van der Waals surface area contributed by atoms with Crippen molar-refractivity contribution < 1.29 is 14.7 Å². The largest absolute Gasteiger partial charge is 0.481 e. The van der Waals surface area contributed by atoms with Gasteiger partial charge in [0.1, 0.15) is 0 Å². The summed E-state index contributed by atoms with van der Waals surface area (Å²) in [6, 6.07) is 7.66. The Kier molecular flexibility index (Phi) is 4.76. The Morgan fingerprint density at radius 3 is 2.75 bits per heavy atom. The number of para-hydroxylation sites is 1. The fourth-order valence-electron chi connectivity index (χ4n) is 2.13. The van der Waals surface area contributed by atoms with Crippen LogP contribution in [0.15, 0.2) is 30.5 Å². The number of benzene rings is 1. The second kappa shape index (κ2) is 6.75. The smallest absolute Gasteiger partial charge is 0.303 e. The molecule has 1 amide bonds. The van der Waals surface area contributed by atoms with Crippen molar-refractivity contribution in [2.45, 2.75) is 25.7 Å². The van der Waals surface area contributed by atoms with Gasteiger partial charge in [0.05, 0.1) is 5.56 Å². The van der Waals surface area contributed by atoms with Gasteiger partial charge in [-0.25, -0.2) is 0 Å². The average Bonchev–Trinajstić information content (AvgIpc) is 2.86. The monoisotopic (exact) mass is 274 g/mol. The van der Waals surface area contributed by atoms with E-state index in [1.807, 2.05) is 24.3 Å². The van der Waals surface area contributed by atoms with E-state index in [1.54, 1.807) is 6.20 Å². The second-order valence-electron chi connectivity index (χ2n) is 4.71. The number of hydrogen-bond donors (Lipinski definition) is 3. The molecule has 0 radical (unpaired) electrons. The first-order valence-corrected chi connectivity index (χ1v) is 6.74. The van der Waals surface area contributed by atoms with Gasteiger partial charge in [-0.3, -0.25) is 9.59 Å². The molecule has 0 aliphatic rings. The zero-order valence-electron chi connectivity index (χ0n) is 11.2. The molecule has 2 aromatic rings. The molecular weight excluding hydrogens is 256 g/mol. The molecule has 0 saturated heterocycles. The lowest BCUT2D eigenvalue weighted by Crippen LogP contribution is -2.24. The van der Waals surface area contributed by atoms with Crippen molar-refractivity contribution in [3.05, 3.63) is 36.0 Å². The summed E-state index contributed by atoms with van der Waals surface area (Å²) in [5, 5.41) is 12.3. The molecular formula is C15H18N2O3. The predicted octanol–water partition coefficient (Wildman–Crippen LogP) is 2.54. The van der Waals surface area contributed by atoms with E-state index in [1.165, 1.54) is 0 Å². The predicted molar refractivity (Wildman–Crippen MR) is 76.7 cm³/mol. The number of amides is 1. The number of nitrogens with one attached hydrogen (secondary N) is 2. The zero-order chi connectivity index (χ0) is 14.4. The first kappa shape index (κ1) is 14.1. The molecule has 0 atom stereocenters. The number of carboxylic acid groups (broad SMARTS) is 1. The van der Waals surface area contributed by atoms with Crippen LogP contribution >= 0.6 is 0 Å². The Balaban J connectivity index is 1.79. The maximum absolute atomic E-state index is 12.0. The van der Waals surface area contributed by atoms with E-state index >= 15 is 0 Å². The summed E-state index contributed by atoms with van der Waals surface area (Å²) >= 11 is 0. The molecule has 0 saturated carbocycles. The molecule has 0 bridgehead atoms. The average molecular weight is 274 g/mol. The van der Waals surface area contributed by atoms with Crippen molar-refractivity contribution in [1.29, 1.82) is 0 Å². The third-order valence-corrected chi connectivity index (χ3v) is 3.19. The van der Waals surface area contributed by atoms with E-state index in [0.717, 1.165) is 23.7 Å². The topological polar surface area (TPSA) is 82.2 Å². The molecule has 1 heterocycles. The van der Waals surface area contributed by atoms with Crippen LogP contribution in [0.4, 0.5) is 0 Å². The van der Waals surface area contributed by atoms with Crippen LogP contribution < -0.4 is 5.32 Å². The van der Waals surface area contributed by atoms with Gasteiger partial charge in [0, 0.05) is 30.1 Å². The van der Waals surface area contributed by atoms with Gasteiger partial charge in [0.2, 0.25) is 0 Å². The maximum Gasteiger partial charge on any atom is 0.303 e. The van der Waals surface area contributed by atoms with E-state index in [0.29, 0.717) is 18.5 Å². The van der Waals surface area contributed by atoms with Gasteiger partial charge in [-0.15, -0.1) is 0 Å². The lowest BCUT2D eigenvalue weighted by molar-refractivity contribution is -0.137. The van der Waals surface area contributed by atoms with Crippen LogP contribution in [0.25, 0.3) is 10.9 Å². The first-order chi connectivity index (χ1) is 9.68. The molecule has 1 aromatic carbocycles. The number of aliphatic carboxylic acids is 1. The lowest BCUT2D eigenvalue weighted by Gasteiger charge is -2.04. The number of aromatic amines is 1. The van der Waals surface area contributed by atoms with E-state index in [2.05, 4.69) is 10.3 Å². The van der Waals surface area contributed by atoms with Crippen LogP contribution in [0.3, 0.4) is 0 Å². The second-order valence-corrected chi connectivity index (χ2v) is 4.71. The van der Waals surface area contributed by atoms with Gasteiger partial charge in [-0.2, -0.15) is 0 Å². The molecule has 0 fully saturated rings. The van der Waals surface area contributed by atoms with Gasteiger partial charge in [-0.05, 0) is 18.9 Å². The molecule has 20 heavy (non-hydrogen) atoms. The number of rotatable bonds is 7. The maximum atomic E-state index is 12.0. The summed E-state index contributed by atoms with van der Waals surface area (Å²) in [6.45, 7) is 0.567. The molecule has 3 N–H and O–H groups in total. The van der Waals surface area contributed by atoms with Crippen molar-refractivity contribution in [3.63, 3.8) is 0 Å². The quantitative estimate of drug-likeness (QED) is 0.678. The van der Waals surface area contributed by atoms with Gasteiger partial charge in [0.15, 0.2) is 0 Å². The minimum absolute atomic E-state index is 0.0966. The van der Waals surface area contributed by atoms with Crippen LogP contribution in [0.5, 0.6) is 0 Å². The number of carbonyl (C=O) groups is 2. The summed E-state index contributed by atoms with van der Waals surface area (Å²) < 4.78 is 0. The zero-order valence-corrected chi connectivity index (χ0v) is 11.2. The van der Waals surface area contributed by atoms with E-state index in [9.17, 15) is 9.59 Å². The van der Waals surface area contributed by atoms with Crippen molar-refractivity contribution in [1.82, 2.24) is 10.3 Å². The molecule has 0 aliphatic carbocycles. The number of unbranched alkanes of at least 4 members (excludes halogenated alkanes) is 2. The van der Waals surface area contributed by atoms with Crippen molar-refractivity contribution in [2.75, 3.05) is 6.54 Å². The molecule has 0 aliphatic heterocycles. The normalized spacial score (nSPS) is 10.6. The molecule has 0 spiro atoms. The summed E-state index contributed by atoms with van der Waals surface area (Å²) in [4.78, 5) is 25.4. The Morgan fingerprint density at radius 1 is 1.15 bits per heavy atom. The van der Waals surface area contributed by atoms with Gasteiger partial charge in [0.25, 0.3) is 5.91 Å². The van der Waals surface area contributed by atoms with Crippen LogP contribution in [0.1, 0.15) is 36.0 Å². The highest BCUT2D eigenvalue weighted by Crippen LogP contribution is 2.17. The van der Waals surface area contributed by atoms with Gasteiger partial charge in [-0.1, -0.05) is 24.6 Å². The van der Waals surface area contributed by atoms with E-state index in [4.69, 9.17) is 5.11 Å². The van der Waals surface area contributed by atoms with Crippen molar-refractivity contribution in [3.8, 4) is 0 Å². The number of hydrogen-bond acceptors (Lipinski definition) is 2.